The van der Waals surface area contributed by atoms with Gasteiger partial charge in [-0.3, -0.25) is 4.79 Å². The molecule has 25 heavy (non-hydrogen) atoms. The number of phenols is 2. The Morgan fingerprint density at radius 1 is 1.08 bits per heavy atom. The van der Waals surface area contributed by atoms with Crippen LogP contribution >= 0.6 is 0 Å². The minimum atomic E-state index is -1.09. The lowest BCUT2D eigenvalue weighted by atomic mass is 10.1. The van der Waals surface area contributed by atoms with E-state index in [0.717, 1.165) is 6.08 Å². The Balaban J connectivity index is 1.92. The van der Waals surface area contributed by atoms with Crippen molar-refractivity contribution in [3.05, 3.63) is 53.6 Å². The van der Waals surface area contributed by atoms with Crippen molar-refractivity contribution in [2.24, 2.45) is 0 Å². The van der Waals surface area contributed by atoms with Gasteiger partial charge < -0.3 is 24.8 Å². The van der Waals surface area contributed by atoms with Gasteiger partial charge in [-0.15, -0.1) is 0 Å². The lowest BCUT2D eigenvalue weighted by Crippen LogP contribution is -2.13. The maximum Gasteiger partial charge on any atom is 0.328 e. The number of phenolic OH excluding ortho intramolecular Hbond substituents is 2. The second-order valence-electron chi connectivity index (χ2n) is 5.41. The fourth-order valence-corrected chi connectivity index (χ4v) is 2.41. The fourth-order valence-electron chi connectivity index (χ4n) is 2.41. The molecule has 0 fully saturated rings. The van der Waals surface area contributed by atoms with E-state index in [-0.39, 0.29) is 23.7 Å². The van der Waals surface area contributed by atoms with Crippen molar-refractivity contribution in [3.8, 4) is 23.0 Å². The number of hydrogen-bond acceptors (Lipinski definition) is 6. The normalized spacial score (nSPS) is 16.6. The van der Waals surface area contributed by atoms with E-state index in [9.17, 15) is 19.8 Å². The number of carboxylic acid groups (broad SMARTS) is 1. The van der Waals surface area contributed by atoms with E-state index in [4.69, 9.17) is 14.6 Å². The number of carbonyl (C=O) groups excluding carboxylic acids is 1. The zero-order chi connectivity index (χ0) is 18.0. The summed E-state index contributed by atoms with van der Waals surface area (Å²) < 4.78 is 11.1. The highest BCUT2D eigenvalue weighted by molar-refractivity contribution is 5.85. The lowest BCUT2D eigenvalue weighted by Gasteiger charge is -2.16. The molecule has 3 rings (SSSR count). The van der Waals surface area contributed by atoms with E-state index in [2.05, 4.69) is 0 Å². The molecule has 0 radical (unpaired) electrons. The van der Waals surface area contributed by atoms with Gasteiger partial charge in [-0.05, 0) is 41.5 Å². The minimum Gasteiger partial charge on any atom is -0.504 e. The number of esters is 1. The predicted octanol–water partition coefficient (Wildman–Crippen LogP) is 2.62. The second kappa shape index (κ2) is 6.56. The van der Waals surface area contributed by atoms with Gasteiger partial charge in [0, 0.05) is 6.08 Å². The van der Waals surface area contributed by atoms with Crippen molar-refractivity contribution in [2.75, 3.05) is 0 Å². The molecule has 7 nitrogen and oxygen atoms in total. The van der Waals surface area contributed by atoms with Crippen LogP contribution in [0.4, 0.5) is 0 Å². The summed E-state index contributed by atoms with van der Waals surface area (Å²) in [5.74, 6) is -1.70. The average molecular weight is 342 g/mol. The van der Waals surface area contributed by atoms with Gasteiger partial charge in [0.15, 0.2) is 23.0 Å². The first-order valence-electron chi connectivity index (χ1n) is 7.36. The molecule has 0 amide bonds. The number of carboxylic acids is 1. The van der Waals surface area contributed by atoms with E-state index in [0.29, 0.717) is 16.9 Å². The van der Waals surface area contributed by atoms with Crippen LogP contribution in [0.15, 0.2) is 42.5 Å². The Morgan fingerprint density at radius 2 is 1.88 bits per heavy atom. The standard InChI is InChI=1S/C18H14O7/c19-12-4-3-11(8-13(12)20)15-9-18(23)25-16-7-10(2-6-17(21)22)1-5-14(16)24-15/h1-8,15,19-20H,9H2,(H,21,22). The second-order valence-corrected chi connectivity index (χ2v) is 5.41. The minimum absolute atomic E-state index is 0.0841. The van der Waals surface area contributed by atoms with Crippen LogP contribution in [0.5, 0.6) is 23.0 Å². The third-order valence-electron chi connectivity index (χ3n) is 3.60. The third-order valence-corrected chi connectivity index (χ3v) is 3.60. The van der Waals surface area contributed by atoms with Crippen LogP contribution in [0.1, 0.15) is 23.7 Å². The third kappa shape index (κ3) is 3.72. The largest absolute Gasteiger partial charge is 0.504 e. The first kappa shape index (κ1) is 16.4. The van der Waals surface area contributed by atoms with Crippen LogP contribution in [0, 0.1) is 0 Å². The highest BCUT2D eigenvalue weighted by atomic mass is 16.6. The Kier molecular flexibility index (Phi) is 4.30. The van der Waals surface area contributed by atoms with Gasteiger partial charge in [-0.1, -0.05) is 12.1 Å². The van der Waals surface area contributed by atoms with Gasteiger partial charge in [0.2, 0.25) is 0 Å². The lowest BCUT2D eigenvalue weighted by molar-refractivity contribution is -0.135. The Hall–Kier alpha value is -3.48. The molecule has 0 spiro atoms. The summed E-state index contributed by atoms with van der Waals surface area (Å²) >= 11 is 0. The fraction of sp³-hybridized carbons (Fsp3) is 0.111. The highest BCUT2D eigenvalue weighted by Gasteiger charge is 2.26. The van der Waals surface area contributed by atoms with Gasteiger partial charge in [0.25, 0.3) is 0 Å². The van der Waals surface area contributed by atoms with E-state index in [1.807, 2.05) is 0 Å². The molecule has 7 heteroatoms. The first-order valence-corrected chi connectivity index (χ1v) is 7.36. The van der Waals surface area contributed by atoms with Crippen molar-refractivity contribution in [1.29, 1.82) is 0 Å². The van der Waals surface area contributed by atoms with Gasteiger partial charge >= 0.3 is 11.9 Å². The zero-order valence-corrected chi connectivity index (χ0v) is 12.9. The summed E-state index contributed by atoms with van der Waals surface area (Å²) in [6.45, 7) is 0. The molecule has 0 aliphatic carbocycles. The van der Waals surface area contributed by atoms with E-state index in [1.165, 1.54) is 24.3 Å². The number of aromatic hydroxyl groups is 2. The summed E-state index contributed by atoms with van der Waals surface area (Å²) in [5.41, 5.74) is 1.05. The van der Waals surface area contributed by atoms with Crippen molar-refractivity contribution < 1.29 is 34.4 Å². The van der Waals surface area contributed by atoms with Crippen LogP contribution in [-0.4, -0.2) is 27.3 Å². The first-order chi connectivity index (χ1) is 11.9. The van der Waals surface area contributed by atoms with Crippen molar-refractivity contribution >= 4 is 18.0 Å². The molecular weight excluding hydrogens is 328 g/mol. The summed E-state index contributed by atoms with van der Waals surface area (Å²) in [6, 6.07) is 8.88. The number of ether oxygens (including phenoxy) is 2. The molecule has 3 N–H and O–H groups in total. The number of aliphatic carboxylic acids is 1. The average Bonchev–Trinajstić information content (AvgIpc) is 2.72. The molecule has 0 aromatic heterocycles. The molecule has 2 aromatic carbocycles. The number of hydrogen-bond donors (Lipinski definition) is 3. The smallest absolute Gasteiger partial charge is 0.328 e. The molecule has 0 saturated carbocycles. The predicted molar refractivity (Wildman–Crippen MR) is 86.5 cm³/mol. The Labute approximate surface area is 142 Å². The molecule has 128 valence electrons. The van der Waals surface area contributed by atoms with Gasteiger partial charge in [-0.25, -0.2) is 4.79 Å². The molecule has 0 bridgehead atoms. The number of fused-ring (bicyclic) bond motifs is 1. The molecule has 0 saturated heterocycles. The molecule has 1 atom stereocenters. The van der Waals surface area contributed by atoms with Crippen LogP contribution < -0.4 is 9.47 Å². The quantitative estimate of drug-likeness (QED) is 0.340. The maximum atomic E-state index is 12.0. The zero-order valence-electron chi connectivity index (χ0n) is 12.9. The summed E-state index contributed by atoms with van der Waals surface area (Å²) in [4.78, 5) is 22.6. The van der Waals surface area contributed by atoms with Gasteiger partial charge in [-0.2, -0.15) is 0 Å². The molecule has 1 aliphatic heterocycles. The van der Waals surface area contributed by atoms with Crippen molar-refractivity contribution in [1.82, 2.24) is 0 Å². The summed E-state index contributed by atoms with van der Waals surface area (Å²) in [6.07, 6.45) is 1.57. The SMILES string of the molecule is O=C(O)C=Cc1ccc2c(c1)OC(=O)CC(c1ccc(O)c(O)c1)O2. The van der Waals surface area contributed by atoms with Gasteiger partial charge in [0.05, 0.1) is 6.42 Å². The Bertz CT molecular complexity index is 870. The Morgan fingerprint density at radius 3 is 2.60 bits per heavy atom. The molecule has 2 aromatic rings. The number of rotatable bonds is 3. The number of benzene rings is 2. The topological polar surface area (TPSA) is 113 Å². The van der Waals surface area contributed by atoms with Crippen LogP contribution in [0.2, 0.25) is 0 Å². The molecule has 1 heterocycles. The summed E-state index contributed by atoms with van der Waals surface area (Å²) in [7, 11) is 0. The highest BCUT2D eigenvalue weighted by Crippen LogP contribution is 2.38. The molecule has 1 unspecified atom stereocenters. The van der Waals surface area contributed by atoms with Crippen LogP contribution in [0.3, 0.4) is 0 Å². The maximum absolute atomic E-state index is 12.0. The van der Waals surface area contributed by atoms with Crippen LogP contribution in [0.25, 0.3) is 6.08 Å². The molecular formula is C18H14O7. The van der Waals surface area contributed by atoms with Crippen molar-refractivity contribution in [2.45, 2.75) is 12.5 Å². The van der Waals surface area contributed by atoms with E-state index < -0.39 is 18.0 Å². The van der Waals surface area contributed by atoms with Gasteiger partial charge in [0.1, 0.15) is 6.10 Å². The summed E-state index contributed by atoms with van der Waals surface area (Å²) in [5, 5.41) is 27.7. The molecule has 1 aliphatic rings. The van der Waals surface area contributed by atoms with Crippen LogP contribution in [-0.2, 0) is 9.59 Å². The van der Waals surface area contributed by atoms with E-state index in [1.54, 1.807) is 18.2 Å². The monoisotopic (exact) mass is 342 g/mol. The number of carbonyl (C=O) groups is 2. The van der Waals surface area contributed by atoms with E-state index >= 15 is 0 Å². The van der Waals surface area contributed by atoms with Crippen molar-refractivity contribution in [3.63, 3.8) is 0 Å².